The molecule has 0 amide bonds. The number of nitrogens with zero attached hydrogens (tertiary/aromatic N) is 5. The summed E-state index contributed by atoms with van der Waals surface area (Å²) in [5.41, 5.74) is 2.32. The molecule has 0 bridgehead atoms. The Morgan fingerprint density at radius 1 is 1.06 bits per heavy atom. The maximum absolute atomic E-state index is 13.0. The van der Waals surface area contributed by atoms with E-state index in [2.05, 4.69) is 25.2 Å². The predicted octanol–water partition coefficient (Wildman–Crippen LogP) is 3.48. The Morgan fingerprint density at radius 3 is 2.58 bits per heavy atom. The Balaban J connectivity index is 1.30. The average molecular weight is 456 g/mol. The minimum Gasteiger partial charge on any atom is -0.497 e. The maximum atomic E-state index is 13.0. The van der Waals surface area contributed by atoms with Gasteiger partial charge in [0.2, 0.25) is 5.95 Å². The van der Waals surface area contributed by atoms with Crippen LogP contribution in [0, 0.1) is 0 Å². The number of halogens is 2. The molecule has 0 atom stereocenters. The fourth-order valence-corrected chi connectivity index (χ4v) is 4.11. The van der Waals surface area contributed by atoms with E-state index in [9.17, 15) is 8.78 Å². The molecule has 0 radical (unpaired) electrons. The van der Waals surface area contributed by atoms with Crippen LogP contribution >= 0.6 is 0 Å². The molecule has 2 aliphatic heterocycles. The van der Waals surface area contributed by atoms with Crippen molar-refractivity contribution in [1.29, 1.82) is 0 Å². The first kappa shape index (κ1) is 21.6. The average Bonchev–Trinajstić information content (AvgIpc) is 3.27. The summed E-state index contributed by atoms with van der Waals surface area (Å²) in [6.07, 6.45) is -1.04. The van der Waals surface area contributed by atoms with Crippen LogP contribution < -0.4 is 15.0 Å². The molecule has 1 N–H and O–H groups in total. The van der Waals surface area contributed by atoms with E-state index in [0.29, 0.717) is 17.7 Å². The quantitative estimate of drug-likeness (QED) is 0.584. The molecule has 3 aromatic rings. The van der Waals surface area contributed by atoms with E-state index in [-0.39, 0.29) is 5.56 Å². The highest BCUT2D eigenvalue weighted by atomic mass is 19.3. The lowest BCUT2D eigenvalue weighted by Crippen LogP contribution is -2.56. The number of ether oxygens (including phenoxy) is 2. The molecule has 0 spiro atoms. The van der Waals surface area contributed by atoms with E-state index >= 15 is 0 Å². The molecule has 0 saturated carbocycles. The van der Waals surface area contributed by atoms with Crippen molar-refractivity contribution in [3.8, 4) is 11.4 Å². The molecule has 33 heavy (non-hydrogen) atoms. The summed E-state index contributed by atoms with van der Waals surface area (Å²) in [6.45, 7) is 5.51. The third-order valence-electron chi connectivity index (χ3n) is 6.08. The Kier molecular flexibility index (Phi) is 6.10. The third kappa shape index (κ3) is 4.76. The van der Waals surface area contributed by atoms with Crippen molar-refractivity contribution in [2.75, 3.05) is 56.7 Å². The molecule has 0 unspecified atom stereocenters. The number of hydrogen-bond donors (Lipinski definition) is 1. The number of rotatable bonds is 7. The summed E-state index contributed by atoms with van der Waals surface area (Å²) in [6, 6.07) is 12.6. The molecule has 3 heterocycles. The molecule has 2 aromatic carbocycles. The number of aromatic nitrogens is 3. The number of benzene rings is 2. The van der Waals surface area contributed by atoms with Gasteiger partial charge in [-0.25, -0.2) is 13.5 Å². The first-order chi connectivity index (χ1) is 16.1. The summed E-state index contributed by atoms with van der Waals surface area (Å²) in [4.78, 5) is 9.11. The number of anilines is 3. The fourth-order valence-electron chi connectivity index (χ4n) is 4.11. The van der Waals surface area contributed by atoms with Crippen molar-refractivity contribution in [2.24, 2.45) is 0 Å². The van der Waals surface area contributed by atoms with Crippen LogP contribution in [0.2, 0.25) is 0 Å². The molecule has 0 aliphatic carbocycles. The standard InChI is InChI=1S/C23H26F2N6O2/c1-32-21-11-17(10-19(12-21)29-5-7-30(8-6-29)20-13-33-14-20)27-23-26-15-31(28-23)18-4-2-3-16(9-18)22(24)25/h2-4,9-12,15,20,22H,5-8,13-14H2,1H3,(H,27,28). The van der Waals surface area contributed by atoms with Gasteiger partial charge >= 0.3 is 0 Å². The van der Waals surface area contributed by atoms with Crippen LogP contribution in [0.3, 0.4) is 0 Å². The lowest BCUT2D eigenvalue weighted by atomic mass is 10.1. The minimum atomic E-state index is -2.54. The third-order valence-corrected chi connectivity index (χ3v) is 6.08. The van der Waals surface area contributed by atoms with Gasteiger partial charge in [-0.15, -0.1) is 5.10 Å². The zero-order valence-electron chi connectivity index (χ0n) is 18.3. The number of alkyl halides is 2. The van der Waals surface area contributed by atoms with Crippen LogP contribution in [0.1, 0.15) is 12.0 Å². The number of hydrogen-bond acceptors (Lipinski definition) is 7. The number of methoxy groups -OCH3 is 1. The molecule has 2 aliphatic rings. The molecule has 2 fully saturated rings. The van der Waals surface area contributed by atoms with Crippen LogP contribution in [-0.4, -0.2) is 72.2 Å². The van der Waals surface area contributed by atoms with Crippen molar-refractivity contribution in [2.45, 2.75) is 12.5 Å². The molecule has 8 nitrogen and oxygen atoms in total. The van der Waals surface area contributed by atoms with Crippen molar-refractivity contribution < 1.29 is 18.3 Å². The van der Waals surface area contributed by atoms with Gasteiger partial charge in [0.25, 0.3) is 6.43 Å². The summed E-state index contributed by atoms with van der Waals surface area (Å²) in [5, 5.41) is 7.60. The minimum absolute atomic E-state index is 0.0557. The van der Waals surface area contributed by atoms with Gasteiger partial charge in [0.15, 0.2) is 0 Å². The van der Waals surface area contributed by atoms with Gasteiger partial charge in [-0.05, 0) is 18.2 Å². The number of piperazine rings is 1. The first-order valence-electron chi connectivity index (χ1n) is 10.9. The second-order valence-electron chi connectivity index (χ2n) is 8.17. The van der Waals surface area contributed by atoms with E-state index in [1.807, 2.05) is 18.2 Å². The van der Waals surface area contributed by atoms with E-state index < -0.39 is 6.43 Å². The molecule has 1 aromatic heterocycles. The highest BCUT2D eigenvalue weighted by Crippen LogP contribution is 2.30. The van der Waals surface area contributed by atoms with Crippen LogP contribution in [0.5, 0.6) is 5.75 Å². The molecule has 5 rings (SSSR count). The van der Waals surface area contributed by atoms with Gasteiger partial charge in [0.1, 0.15) is 12.1 Å². The SMILES string of the molecule is COc1cc(Nc2ncn(-c3cccc(C(F)F)c3)n2)cc(N2CCN(C3COC3)CC2)c1. The highest BCUT2D eigenvalue weighted by molar-refractivity contribution is 5.66. The van der Waals surface area contributed by atoms with Gasteiger partial charge in [-0.3, -0.25) is 4.90 Å². The lowest BCUT2D eigenvalue weighted by Gasteiger charge is -2.43. The van der Waals surface area contributed by atoms with Crippen molar-refractivity contribution in [3.63, 3.8) is 0 Å². The Hall–Kier alpha value is -3.24. The summed E-state index contributed by atoms with van der Waals surface area (Å²) < 4.78 is 38.3. The molecule has 174 valence electrons. The first-order valence-corrected chi connectivity index (χ1v) is 10.9. The normalized spacial score (nSPS) is 17.3. The fraction of sp³-hybridized carbons (Fsp3) is 0.391. The molecular weight excluding hydrogens is 430 g/mol. The zero-order chi connectivity index (χ0) is 22.8. The topological polar surface area (TPSA) is 67.7 Å². The van der Waals surface area contributed by atoms with Gasteiger partial charge < -0.3 is 19.7 Å². The predicted molar refractivity (Wildman–Crippen MR) is 121 cm³/mol. The van der Waals surface area contributed by atoms with Crippen LogP contribution in [0.25, 0.3) is 5.69 Å². The second-order valence-corrected chi connectivity index (χ2v) is 8.17. The Labute approximate surface area is 190 Å². The zero-order valence-corrected chi connectivity index (χ0v) is 18.3. The highest BCUT2D eigenvalue weighted by Gasteiger charge is 2.29. The van der Waals surface area contributed by atoms with Gasteiger partial charge in [-0.2, -0.15) is 4.98 Å². The number of nitrogens with one attached hydrogen (secondary N) is 1. The molecule has 2 saturated heterocycles. The summed E-state index contributed by atoms with van der Waals surface area (Å²) >= 11 is 0. The van der Waals surface area contributed by atoms with Crippen LogP contribution in [-0.2, 0) is 4.74 Å². The monoisotopic (exact) mass is 456 g/mol. The summed E-state index contributed by atoms with van der Waals surface area (Å²) in [7, 11) is 1.64. The largest absolute Gasteiger partial charge is 0.497 e. The Bertz CT molecular complexity index is 1100. The van der Waals surface area contributed by atoms with Crippen LogP contribution in [0.4, 0.5) is 26.1 Å². The van der Waals surface area contributed by atoms with Gasteiger partial charge in [0.05, 0.1) is 32.1 Å². The van der Waals surface area contributed by atoms with Crippen molar-refractivity contribution in [3.05, 3.63) is 54.4 Å². The van der Waals surface area contributed by atoms with Crippen LogP contribution in [0.15, 0.2) is 48.8 Å². The van der Waals surface area contributed by atoms with Gasteiger partial charge in [-0.1, -0.05) is 12.1 Å². The molecular formula is C23H26F2N6O2. The van der Waals surface area contributed by atoms with E-state index in [4.69, 9.17) is 9.47 Å². The summed E-state index contributed by atoms with van der Waals surface area (Å²) in [5.74, 6) is 1.10. The Morgan fingerprint density at radius 2 is 1.88 bits per heavy atom. The smallest absolute Gasteiger partial charge is 0.263 e. The maximum Gasteiger partial charge on any atom is 0.263 e. The van der Waals surface area contributed by atoms with Crippen molar-refractivity contribution >= 4 is 17.3 Å². The lowest BCUT2D eigenvalue weighted by molar-refractivity contribution is -0.0660. The van der Waals surface area contributed by atoms with Crippen molar-refractivity contribution in [1.82, 2.24) is 19.7 Å². The van der Waals surface area contributed by atoms with Gasteiger partial charge in [0, 0.05) is 55.2 Å². The van der Waals surface area contributed by atoms with E-state index in [1.165, 1.54) is 23.1 Å². The van der Waals surface area contributed by atoms with E-state index in [1.54, 1.807) is 19.2 Å². The molecule has 10 heteroatoms. The second kappa shape index (κ2) is 9.32. The van der Waals surface area contributed by atoms with E-state index in [0.717, 1.165) is 56.5 Å².